The Balaban J connectivity index is 2.21. The van der Waals surface area contributed by atoms with E-state index in [1.165, 1.54) is 4.68 Å². The molecular weight excluding hydrogens is 270 g/mol. The number of para-hydroxylation sites is 1. The first-order valence-corrected chi connectivity index (χ1v) is 6.83. The summed E-state index contributed by atoms with van der Waals surface area (Å²) in [6, 6.07) is 9.66. The first-order chi connectivity index (χ1) is 9.87. The van der Waals surface area contributed by atoms with Crippen LogP contribution in [0.3, 0.4) is 0 Å². The van der Waals surface area contributed by atoms with Crippen molar-refractivity contribution in [1.29, 1.82) is 0 Å². The second kappa shape index (κ2) is 6.19. The zero-order valence-corrected chi connectivity index (χ0v) is 12.7. The van der Waals surface area contributed by atoms with Gasteiger partial charge in [-0.25, -0.2) is 0 Å². The Morgan fingerprint density at radius 3 is 2.48 bits per heavy atom. The van der Waals surface area contributed by atoms with Gasteiger partial charge in [-0.1, -0.05) is 23.3 Å². The predicted molar refractivity (Wildman–Crippen MR) is 78.1 cm³/mol. The molecule has 0 aliphatic heterocycles. The number of aliphatic hydroxyl groups is 1. The standard InChI is InChI=1S/C14H21N5O2/c1-10(20)12(15-14(2,3)4)21-13-16-17-18-19(13)11-8-6-5-7-9-11/h5-10,12,15,20H,1-4H3. The third-order valence-electron chi connectivity index (χ3n) is 2.69. The first-order valence-electron chi connectivity index (χ1n) is 6.83. The van der Waals surface area contributed by atoms with Crippen LogP contribution in [0.4, 0.5) is 0 Å². The average molecular weight is 291 g/mol. The number of nitrogens with zero attached hydrogens (tertiary/aromatic N) is 4. The molecule has 2 N–H and O–H groups in total. The monoisotopic (exact) mass is 291 g/mol. The van der Waals surface area contributed by atoms with Gasteiger partial charge in [0.25, 0.3) is 0 Å². The van der Waals surface area contributed by atoms with Crippen molar-refractivity contribution in [2.75, 3.05) is 0 Å². The van der Waals surface area contributed by atoms with Gasteiger partial charge in [-0.2, -0.15) is 4.68 Å². The lowest BCUT2D eigenvalue weighted by Crippen LogP contribution is -2.52. The fourth-order valence-electron chi connectivity index (χ4n) is 1.77. The van der Waals surface area contributed by atoms with Gasteiger partial charge in [0.2, 0.25) is 0 Å². The fraction of sp³-hybridized carbons (Fsp3) is 0.500. The lowest BCUT2D eigenvalue weighted by Gasteiger charge is -2.29. The summed E-state index contributed by atoms with van der Waals surface area (Å²) in [5, 5.41) is 24.5. The molecular formula is C14H21N5O2. The van der Waals surface area contributed by atoms with Crippen LogP contribution in [-0.4, -0.2) is 43.2 Å². The van der Waals surface area contributed by atoms with Crippen molar-refractivity contribution >= 4 is 0 Å². The van der Waals surface area contributed by atoms with E-state index in [2.05, 4.69) is 20.8 Å². The molecule has 0 aliphatic rings. The lowest BCUT2D eigenvalue weighted by atomic mass is 10.1. The Hall–Kier alpha value is -1.99. The Morgan fingerprint density at radius 1 is 1.24 bits per heavy atom. The molecule has 114 valence electrons. The van der Waals surface area contributed by atoms with E-state index in [4.69, 9.17) is 4.74 Å². The molecule has 0 aliphatic carbocycles. The number of rotatable bonds is 5. The third kappa shape index (κ3) is 4.24. The van der Waals surface area contributed by atoms with Crippen LogP contribution in [0, 0.1) is 0 Å². The highest BCUT2D eigenvalue weighted by atomic mass is 16.5. The summed E-state index contributed by atoms with van der Waals surface area (Å²) in [5.74, 6) is 0. The van der Waals surface area contributed by atoms with E-state index in [0.717, 1.165) is 5.69 Å². The lowest BCUT2D eigenvalue weighted by molar-refractivity contribution is 0.00424. The Labute approximate surface area is 123 Å². The number of tetrazole rings is 1. The van der Waals surface area contributed by atoms with Crippen LogP contribution in [-0.2, 0) is 0 Å². The Morgan fingerprint density at radius 2 is 1.90 bits per heavy atom. The largest absolute Gasteiger partial charge is 0.440 e. The van der Waals surface area contributed by atoms with E-state index in [1.807, 2.05) is 51.1 Å². The normalized spacial score (nSPS) is 14.7. The molecule has 1 aromatic heterocycles. The van der Waals surface area contributed by atoms with Crippen LogP contribution in [0.5, 0.6) is 6.01 Å². The van der Waals surface area contributed by atoms with E-state index < -0.39 is 12.3 Å². The van der Waals surface area contributed by atoms with E-state index in [1.54, 1.807) is 6.92 Å². The van der Waals surface area contributed by atoms with Crippen LogP contribution >= 0.6 is 0 Å². The number of aromatic nitrogens is 4. The minimum absolute atomic E-state index is 0.216. The topological polar surface area (TPSA) is 85.1 Å². The van der Waals surface area contributed by atoms with Crippen molar-refractivity contribution < 1.29 is 9.84 Å². The maximum atomic E-state index is 9.87. The molecule has 7 heteroatoms. The van der Waals surface area contributed by atoms with E-state index in [-0.39, 0.29) is 11.5 Å². The van der Waals surface area contributed by atoms with E-state index in [0.29, 0.717) is 0 Å². The van der Waals surface area contributed by atoms with Gasteiger partial charge in [-0.15, -0.1) is 0 Å². The molecule has 7 nitrogen and oxygen atoms in total. The average Bonchev–Trinajstić information content (AvgIpc) is 2.85. The highest BCUT2D eigenvalue weighted by molar-refractivity contribution is 5.31. The highest BCUT2D eigenvalue weighted by Gasteiger charge is 2.25. The molecule has 0 bridgehead atoms. The van der Waals surface area contributed by atoms with Gasteiger partial charge in [0.15, 0.2) is 6.23 Å². The van der Waals surface area contributed by atoms with Gasteiger partial charge in [-0.05, 0) is 50.3 Å². The fourth-order valence-corrected chi connectivity index (χ4v) is 1.77. The summed E-state index contributed by atoms with van der Waals surface area (Å²) in [5.41, 5.74) is 0.574. The molecule has 21 heavy (non-hydrogen) atoms. The molecule has 2 rings (SSSR count). The van der Waals surface area contributed by atoms with Crippen LogP contribution < -0.4 is 10.1 Å². The molecule has 2 aromatic rings. The minimum atomic E-state index is -0.717. The number of nitrogens with one attached hydrogen (secondary N) is 1. The molecule has 1 aromatic carbocycles. The molecule has 0 spiro atoms. The smallest absolute Gasteiger partial charge is 0.342 e. The summed E-state index contributed by atoms with van der Waals surface area (Å²) >= 11 is 0. The number of hydrogen-bond donors (Lipinski definition) is 2. The first kappa shape index (κ1) is 15.4. The quantitative estimate of drug-likeness (QED) is 0.803. The van der Waals surface area contributed by atoms with Crippen molar-refractivity contribution in [1.82, 2.24) is 25.5 Å². The van der Waals surface area contributed by atoms with Gasteiger partial charge in [0.05, 0.1) is 5.69 Å². The van der Waals surface area contributed by atoms with E-state index >= 15 is 0 Å². The van der Waals surface area contributed by atoms with Crippen LogP contribution in [0.1, 0.15) is 27.7 Å². The van der Waals surface area contributed by atoms with Crippen molar-refractivity contribution in [3.8, 4) is 11.7 Å². The van der Waals surface area contributed by atoms with Crippen molar-refractivity contribution in [2.24, 2.45) is 0 Å². The maximum absolute atomic E-state index is 9.87. The van der Waals surface area contributed by atoms with Gasteiger partial charge in [0, 0.05) is 5.54 Å². The van der Waals surface area contributed by atoms with Crippen molar-refractivity contribution in [3.05, 3.63) is 30.3 Å². The van der Waals surface area contributed by atoms with Crippen molar-refractivity contribution in [3.63, 3.8) is 0 Å². The maximum Gasteiger partial charge on any atom is 0.342 e. The number of hydrogen-bond acceptors (Lipinski definition) is 6. The zero-order chi connectivity index (χ0) is 15.5. The number of benzene rings is 1. The summed E-state index contributed by atoms with van der Waals surface area (Å²) < 4.78 is 7.23. The predicted octanol–water partition coefficient (Wildman–Crippen LogP) is 1.14. The summed E-state index contributed by atoms with van der Waals surface area (Å²) in [6.07, 6.45) is -1.33. The van der Waals surface area contributed by atoms with Gasteiger partial charge in [-0.3, -0.25) is 5.32 Å². The zero-order valence-electron chi connectivity index (χ0n) is 12.7. The summed E-state index contributed by atoms with van der Waals surface area (Å²) in [6.45, 7) is 7.63. The SMILES string of the molecule is CC(O)C(NC(C)(C)C)Oc1nnnn1-c1ccccc1. The van der Waals surface area contributed by atoms with Crippen LogP contribution in [0.15, 0.2) is 30.3 Å². The second-order valence-electron chi connectivity index (χ2n) is 5.88. The molecule has 1 heterocycles. The molecule has 2 unspecified atom stereocenters. The highest BCUT2D eigenvalue weighted by Crippen LogP contribution is 2.15. The minimum Gasteiger partial charge on any atom is -0.440 e. The molecule has 0 fully saturated rings. The number of ether oxygens (including phenoxy) is 1. The molecule has 2 atom stereocenters. The Bertz CT molecular complexity index is 562. The Kier molecular flexibility index (Phi) is 4.54. The van der Waals surface area contributed by atoms with Gasteiger partial charge < -0.3 is 9.84 Å². The third-order valence-corrected chi connectivity index (χ3v) is 2.69. The van der Waals surface area contributed by atoms with Gasteiger partial charge >= 0.3 is 6.01 Å². The summed E-state index contributed by atoms with van der Waals surface area (Å²) in [4.78, 5) is 0. The van der Waals surface area contributed by atoms with Crippen LogP contribution in [0.25, 0.3) is 5.69 Å². The molecule has 0 saturated carbocycles. The molecule has 0 saturated heterocycles. The van der Waals surface area contributed by atoms with Gasteiger partial charge in [0.1, 0.15) is 6.10 Å². The molecule has 0 radical (unpaired) electrons. The second-order valence-corrected chi connectivity index (χ2v) is 5.88. The summed E-state index contributed by atoms with van der Waals surface area (Å²) in [7, 11) is 0. The van der Waals surface area contributed by atoms with E-state index in [9.17, 15) is 5.11 Å². The van der Waals surface area contributed by atoms with Crippen LogP contribution in [0.2, 0.25) is 0 Å². The van der Waals surface area contributed by atoms with Crippen molar-refractivity contribution in [2.45, 2.75) is 45.6 Å². The molecule has 0 amide bonds. The number of aliphatic hydroxyl groups excluding tert-OH is 1.